The van der Waals surface area contributed by atoms with Gasteiger partial charge in [0.2, 0.25) is 10.0 Å². The fraction of sp³-hybridized carbons (Fsp3) is 0.533. The normalized spacial score (nSPS) is 21.9. The van der Waals surface area contributed by atoms with Crippen molar-refractivity contribution in [3.8, 4) is 0 Å². The predicted molar refractivity (Wildman–Crippen MR) is 88.9 cm³/mol. The van der Waals surface area contributed by atoms with Crippen LogP contribution in [0.2, 0.25) is 0 Å². The third kappa shape index (κ3) is 4.14. The number of benzene rings is 1. The van der Waals surface area contributed by atoms with Gasteiger partial charge in [-0.25, -0.2) is 8.42 Å². The summed E-state index contributed by atoms with van der Waals surface area (Å²) in [4.78, 5) is 22.2. The molecule has 0 spiro atoms. The van der Waals surface area contributed by atoms with Crippen LogP contribution >= 0.6 is 0 Å². The Morgan fingerprint density at radius 3 is 2.36 bits per heavy atom. The highest BCUT2D eigenvalue weighted by atomic mass is 32.2. The van der Waals surface area contributed by atoms with Crippen molar-refractivity contribution < 1.29 is 22.9 Å². The van der Waals surface area contributed by atoms with E-state index in [2.05, 4.69) is 0 Å². The number of hydrogen-bond acceptors (Lipinski definition) is 7. The zero-order valence-electron chi connectivity index (χ0n) is 14.2. The van der Waals surface area contributed by atoms with Gasteiger partial charge in [-0.2, -0.15) is 4.31 Å². The molecule has 0 aromatic heterocycles. The Kier molecular flexibility index (Phi) is 5.17. The van der Waals surface area contributed by atoms with Gasteiger partial charge < -0.3 is 10.5 Å². The first kappa shape index (κ1) is 19.3. The molecule has 25 heavy (non-hydrogen) atoms. The SMILES string of the molecule is CC(C)(C)OC(=O)[C@H]1CCN(S(=O)(=O)c2ccc([N+](=O)[O-])cc2)C1N. The summed E-state index contributed by atoms with van der Waals surface area (Å²) < 4.78 is 31.7. The Morgan fingerprint density at radius 2 is 1.88 bits per heavy atom. The molecule has 1 aromatic rings. The maximum atomic E-state index is 12.7. The standard InChI is InChI=1S/C15H21N3O6S/c1-15(2,3)24-14(19)12-8-9-17(13(12)16)25(22,23)11-6-4-10(5-7-11)18(20)21/h4-7,12-13H,8-9,16H2,1-3H3/t12-,13?/m0/s1. The van der Waals surface area contributed by atoms with E-state index in [1.54, 1.807) is 20.8 Å². The number of carbonyl (C=O) groups is 1. The summed E-state index contributed by atoms with van der Waals surface area (Å²) in [6.45, 7) is 5.23. The smallest absolute Gasteiger partial charge is 0.312 e. The van der Waals surface area contributed by atoms with Crippen LogP contribution in [0.25, 0.3) is 0 Å². The molecule has 0 bridgehead atoms. The van der Waals surface area contributed by atoms with Gasteiger partial charge in [0.05, 0.1) is 21.9 Å². The molecular formula is C15H21N3O6S. The number of sulfonamides is 1. The number of rotatable bonds is 4. The number of ether oxygens (including phenoxy) is 1. The summed E-state index contributed by atoms with van der Waals surface area (Å²) in [7, 11) is -3.96. The quantitative estimate of drug-likeness (QED) is 0.478. The van der Waals surface area contributed by atoms with Gasteiger partial charge in [0.25, 0.3) is 5.69 Å². The van der Waals surface area contributed by atoms with Gasteiger partial charge >= 0.3 is 5.97 Å². The van der Waals surface area contributed by atoms with Crippen LogP contribution in [-0.4, -0.2) is 41.9 Å². The summed E-state index contributed by atoms with van der Waals surface area (Å²) in [5, 5.41) is 10.7. The van der Waals surface area contributed by atoms with E-state index in [0.717, 1.165) is 28.6 Å². The van der Waals surface area contributed by atoms with E-state index in [0.29, 0.717) is 0 Å². The second kappa shape index (κ2) is 6.70. The number of nitro groups is 1. The number of non-ortho nitro benzene ring substituents is 1. The van der Waals surface area contributed by atoms with Crippen LogP contribution in [0.3, 0.4) is 0 Å². The number of nitro benzene ring substituents is 1. The lowest BCUT2D eigenvalue weighted by Crippen LogP contribution is -2.46. The summed E-state index contributed by atoms with van der Waals surface area (Å²) in [6.07, 6.45) is -0.794. The van der Waals surface area contributed by atoms with Crippen molar-refractivity contribution in [2.75, 3.05) is 6.54 Å². The molecule has 1 aliphatic heterocycles. The van der Waals surface area contributed by atoms with Gasteiger partial charge in [-0.15, -0.1) is 0 Å². The lowest BCUT2D eigenvalue weighted by molar-refractivity contribution is -0.384. The van der Waals surface area contributed by atoms with Crippen molar-refractivity contribution in [3.05, 3.63) is 34.4 Å². The number of carbonyl (C=O) groups excluding carboxylic acids is 1. The zero-order valence-corrected chi connectivity index (χ0v) is 15.0. The van der Waals surface area contributed by atoms with Crippen molar-refractivity contribution >= 4 is 21.7 Å². The van der Waals surface area contributed by atoms with Gasteiger partial charge in [0, 0.05) is 18.7 Å². The average Bonchev–Trinajstić information content (AvgIpc) is 2.88. The fourth-order valence-electron chi connectivity index (χ4n) is 2.58. The average molecular weight is 371 g/mol. The van der Waals surface area contributed by atoms with Crippen molar-refractivity contribution in [2.24, 2.45) is 11.7 Å². The number of nitrogens with two attached hydrogens (primary N) is 1. The monoisotopic (exact) mass is 371 g/mol. The molecule has 1 aliphatic rings. The minimum absolute atomic E-state index is 0.0738. The molecular weight excluding hydrogens is 350 g/mol. The highest BCUT2D eigenvalue weighted by Crippen LogP contribution is 2.30. The van der Waals surface area contributed by atoms with E-state index >= 15 is 0 Å². The minimum Gasteiger partial charge on any atom is -0.460 e. The summed E-state index contributed by atoms with van der Waals surface area (Å²) >= 11 is 0. The van der Waals surface area contributed by atoms with Crippen molar-refractivity contribution in [2.45, 2.75) is 43.9 Å². The molecule has 2 N–H and O–H groups in total. The first-order valence-electron chi connectivity index (χ1n) is 7.68. The molecule has 0 aliphatic carbocycles. The van der Waals surface area contributed by atoms with E-state index in [9.17, 15) is 23.3 Å². The van der Waals surface area contributed by atoms with Crippen molar-refractivity contribution in [1.82, 2.24) is 4.31 Å². The van der Waals surface area contributed by atoms with Gasteiger partial charge in [-0.3, -0.25) is 14.9 Å². The molecule has 0 saturated carbocycles. The lowest BCUT2D eigenvalue weighted by atomic mass is 10.1. The van der Waals surface area contributed by atoms with E-state index < -0.39 is 38.6 Å². The minimum atomic E-state index is -3.96. The lowest BCUT2D eigenvalue weighted by Gasteiger charge is -2.26. The van der Waals surface area contributed by atoms with Crippen LogP contribution in [0.4, 0.5) is 5.69 Å². The topological polar surface area (TPSA) is 133 Å². The zero-order chi connectivity index (χ0) is 19.0. The van der Waals surface area contributed by atoms with E-state index in [1.165, 1.54) is 0 Å². The first-order valence-corrected chi connectivity index (χ1v) is 9.12. The van der Waals surface area contributed by atoms with E-state index in [-0.39, 0.29) is 23.5 Å². The maximum absolute atomic E-state index is 12.7. The van der Waals surface area contributed by atoms with Gasteiger partial charge in [-0.05, 0) is 39.3 Å². The van der Waals surface area contributed by atoms with Crippen LogP contribution < -0.4 is 5.73 Å². The Morgan fingerprint density at radius 1 is 1.32 bits per heavy atom. The summed E-state index contributed by atoms with van der Waals surface area (Å²) in [6, 6.07) is 4.53. The van der Waals surface area contributed by atoms with Crippen LogP contribution in [0, 0.1) is 16.0 Å². The number of nitrogens with zero attached hydrogens (tertiary/aromatic N) is 2. The van der Waals surface area contributed by atoms with Gasteiger partial charge in [0.1, 0.15) is 5.60 Å². The number of esters is 1. The third-order valence-electron chi connectivity index (χ3n) is 3.77. The molecule has 2 rings (SSSR count). The van der Waals surface area contributed by atoms with Crippen molar-refractivity contribution in [3.63, 3.8) is 0 Å². The molecule has 0 amide bonds. The molecule has 1 saturated heterocycles. The Bertz CT molecular complexity index is 769. The third-order valence-corrected chi connectivity index (χ3v) is 5.68. The fourth-order valence-corrected chi connectivity index (χ4v) is 4.14. The van der Waals surface area contributed by atoms with Crippen LogP contribution in [0.15, 0.2) is 29.2 Å². The van der Waals surface area contributed by atoms with Crippen LogP contribution in [-0.2, 0) is 19.6 Å². The molecule has 1 heterocycles. The molecule has 1 fully saturated rings. The van der Waals surface area contributed by atoms with Gasteiger partial charge in [0.15, 0.2) is 0 Å². The Labute approximate surface area is 145 Å². The molecule has 1 unspecified atom stereocenters. The van der Waals surface area contributed by atoms with E-state index in [1.807, 2.05) is 0 Å². The Hall–Kier alpha value is -2.04. The van der Waals surface area contributed by atoms with Crippen LogP contribution in [0.5, 0.6) is 0 Å². The summed E-state index contributed by atoms with van der Waals surface area (Å²) in [5.41, 5.74) is 5.08. The molecule has 2 atom stereocenters. The predicted octanol–water partition coefficient (Wildman–Crippen LogP) is 1.23. The van der Waals surface area contributed by atoms with Crippen molar-refractivity contribution in [1.29, 1.82) is 0 Å². The summed E-state index contributed by atoms with van der Waals surface area (Å²) in [5.74, 6) is -1.30. The van der Waals surface area contributed by atoms with E-state index in [4.69, 9.17) is 10.5 Å². The highest BCUT2D eigenvalue weighted by Gasteiger charge is 2.44. The maximum Gasteiger partial charge on any atom is 0.312 e. The molecule has 0 radical (unpaired) electrons. The molecule has 9 nitrogen and oxygen atoms in total. The molecule has 1 aromatic carbocycles. The first-order chi connectivity index (χ1) is 11.4. The van der Waals surface area contributed by atoms with Crippen LogP contribution in [0.1, 0.15) is 27.2 Å². The largest absolute Gasteiger partial charge is 0.460 e. The second-order valence-corrected chi connectivity index (χ2v) is 8.68. The number of hydrogen-bond donors (Lipinski definition) is 1. The highest BCUT2D eigenvalue weighted by molar-refractivity contribution is 7.89. The van der Waals surface area contributed by atoms with Gasteiger partial charge in [-0.1, -0.05) is 0 Å². The molecule has 138 valence electrons. The Balaban J connectivity index is 2.20. The second-order valence-electron chi connectivity index (χ2n) is 6.79. The molecule has 10 heteroatoms.